The summed E-state index contributed by atoms with van der Waals surface area (Å²) in [6, 6.07) is 0. The summed E-state index contributed by atoms with van der Waals surface area (Å²) in [4.78, 5) is 0. The summed E-state index contributed by atoms with van der Waals surface area (Å²) in [6.07, 6.45) is 36.3. The lowest BCUT2D eigenvalue weighted by Crippen LogP contribution is -2.41. The van der Waals surface area contributed by atoms with Crippen LogP contribution in [0.4, 0.5) is 0 Å². The van der Waals surface area contributed by atoms with E-state index in [-0.39, 0.29) is 0 Å². The van der Waals surface area contributed by atoms with Crippen molar-refractivity contribution in [1.82, 2.24) is 0 Å². The van der Waals surface area contributed by atoms with Crippen LogP contribution in [0.5, 0.6) is 0 Å². The summed E-state index contributed by atoms with van der Waals surface area (Å²) in [5.41, 5.74) is 0. The summed E-state index contributed by atoms with van der Waals surface area (Å²) in [7, 11) is 9.70. The van der Waals surface area contributed by atoms with E-state index in [0.717, 1.165) is 0 Å². The van der Waals surface area contributed by atoms with Crippen molar-refractivity contribution < 1.29 is 8.97 Å². The molecular weight excluding hydrogens is 448 g/mol. The van der Waals surface area contributed by atoms with Crippen LogP contribution in [0.1, 0.15) is 174 Å². The number of hydrogen-bond donors (Lipinski definition) is 0. The lowest BCUT2D eigenvalue weighted by Gasteiger charge is -2.30. The van der Waals surface area contributed by atoms with Crippen LogP contribution in [-0.2, 0) is 0 Å². The quantitative estimate of drug-likeness (QED) is 0.0647. The summed E-state index contributed by atoms with van der Waals surface area (Å²) in [5, 5.41) is 0. The van der Waals surface area contributed by atoms with Crippen LogP contribution >= 0.6 is 0 Å². The first-order valence-corrected chi connectivity index (χ1v) is 17.5. The Balaban J connectivity index is 3.32. The largest absolute Gasteiger partial charge is 0.328 e. The summed E-state index contributed by atoms with van der Waals surface area (Å²) < 4.78 is 2.44. The van der Waals surface area contributed by atoms with E-state index in [2.05, 4.69) is 42.0 Å². The Hall–Kier alpha value is -0.0800. The zero-order chi connectivity index (χ0) is 27.5. The molecule has 2 nitrogen and oxygen atoms in total. The van der Waals surface area contributed by atoms with Gasteiger partial charge in [-0.05, 0) is 44.9 Å². The topological polar surface area (TPSA) is 0 Å². The first-order valence-electron chi connectivity index (χ1n) is 17.5. The van der Waals surface area contributed by atoms with Gasteiger partial charge >= 0.3 is 0 Å². The Morgan fingerprint density at radius 2 is 0.459 bits per heavy atom. The van der Waals surface area contributed by atoms with E-state index in [0.29, 0.717) is 0 Å². The van der Waals surface area contributed by atoms with Crippen molar-refractivity contribution in [2.45, 2.75) is 174 Å². The van der Waals surface area contributed by atoms with E-state index in [4.69, 9.17) is 0 Å². The van der Waals surface area contributed by atoms with Crippen LogP contribution in [0, 0.1) is 0 Å². The molecule has 0 amide bonds. The van der Waals surface area contributed by atoms with Gasteiger partial charge in [0.15, 0.2) is 0 Å². The zero-order valence-electron chi connectivity index (χ0n) is 27.4. The van der Waals surface area contributed by atoms with Crippen LogP contribution in [0.25, 0.3) is 0 Å². The fourth-order valence-electron chi connectivity index (χ4n) is 6.06. The molecule has 0 heterocycles. The summed E-state index contributed by atoms with van der Waals surface area (Å²) in [6.45, 7) is 10.0. The van der Waals surface area contributed by atoms with Gasteiger partial charge in [0.25, 0.3) is 0 Å². The van der Waals surface area contributed by atoms with E-state index < -0.39 is 0 Å². The molecule has 0 aromatic carbocycles. The van der Waals surface area contributed by atoms with Gasteiger partial charge in [-0.25, -0.2) is 0 Å². The fourth-order valence-corrected chi connectivity index (χ4v) is 6.06. The van der Waals surface area contributed by atoms with Crippen LogP contribution in [0.15, 0.2) is 0 Å². The molecule has 0 fully saturated rings. The normalized spacial score (nSPS) is 12.5. The number of hydrogen-bond acceptors (Lipinski definition) is 0. The molecule has 0 aliphatic carbocycles. The second-order valence-electron chi connectivity index (χ2n) is 13.9. The molecule has 0 saturated carbocycles. The maximum absolute atomic E-state index is 2.46. The van der Waals surface area contributed by atoms with Gasteiger partial charge in [0.05, 0.1) is 54.4 Å². The van der Waals surface area contributed by atoms with Gasteiger partial charge < -0.3 is 8.97 Å². The first-order chi connectivity index (χ1) is 17.8. The molecule has 0 spiro atoms. The Bertz CT molecular complexity index is 443. The summed E-state index contributed by atoms with van der Waals surface area (Å²) >= 11 is 0. The number of unbranched alkanes of at least 4 members (excludes halogenated alkanes) is 22. The molecule has 224 valence electrons. The molecule has 0 aliphatic rings. The van der Waals surface area contributed by atoms with E-state index in [1.807, 2.05) is 0 Å². The van der Waals surface area contributed by atoms with E-state index in [9.17, 15) is 0 Å². The van der Waals surface area contributed by atoms with Crippen molar-refractivity contribution in [3.63, 3.8) is 0 Å². The standard InChI is InChI=1S/C35H76N2/c1-7-9-10-11-12-13-14-15-16-17-18-19-20-21-22-23-24-25-26-29-34-37(5,6)35-31-28-27-30-33-36(3,4)32-8-2/h7-35H2,1-6H3/q+2. The highest BCUT2D eigenvalue weighted by Crippen LogP contribution is 2.15. The number of rotatable bonds is 30. The highest BCUT2D eigenvalue weighted by atomic mass is 15.3. The molecule has 0 bridgehead atoms. The Labute approximate surface area is 237 Å². The molecule has 0 atom stereocenters. The molecule has 0 aromatic rings. The van der Waals surface area contributed by atoms with Crippen molar-refractivity contribution in [3.05, 3.63) is 0 Å². The van der Waals surface area contributed by atoms with Crippen LogP contribution in [0.3, 0.4) is 0 Å². The third-order valence-electron chi connectivity index (χ3n) is 8.72. The second kappa shape index (κ2) is 26.2. The molecule has 2 heteroatoms. The third-order valence-corrected chi connectivity index (χ3v) is 8.72. The van der Waals surface area contributed by atoms with E-state index in [1.165, 1.54) is 196 Å². The minimum Gasteiger partial charge on any atom is -0.328 e. The van der Waals surface area contributed by atoms with Gasteiger partial charge in [-0.3, -0.25) is 0 Å². The second-order valence-corrected chi connectivity index (χ2v) is 13.9. The highest BCUT2D eigenvalue weighted by molar-refractivity contribution is 4.51. The molecule has 0 aromatic heterocycles. The molecule has 0 rings (SSSR count). The molecule has 0 radical (unpaired) electrons. The molecule has 0 saturated heterocycles. The van der Waals surface area contributed by atoms with Gasteiger partial charge in [-0.1, -0.05) is 129 Å². The smallest absolute Gasteiger partial charge is 0.0782 e. The number of nitrogens with zero attached hydrogens (tertiary/aromatic N) is 2. The third kappa shape index (κ3) is 28.7. The van der Waals surface area contributed by atoms with E-state index in [1.54, 1.807) is 0 Å². The van der Waals surface area contributed by atoms with Gasteiger partial charge in [0.2, 0.25) is 0 Å². The summed E-state index contributed by atoms with van der Waals surface area (Å²) in [5.74, 6) is 0. The van der Waals surface area contributed by atoms with Gasteiger partial charge in [0, 0.05) is 0 Å². The first kappa shape index (κ1) is 36.9. The molecule has 0 aliphatic heterocycles. The van der Waals surface area contributed by atoms with Crippen LogP contribution < -0.4 is 0 Å². The average Bonchev–Trinajstić information content (AvgIpc) is 2.85. The lowest BCUT2D eigenvalue weighted by molar-refractivity contribution is -0.891. The average molecular weight is 525 g/mol. The zero-order valence-corrected chi connectivity index (χ0v) is 27.4. The maximum Gasteiger partial charge on any atom is 0.0782 e. The Kier molecular flexibility index (Phi) is 26.1. The predicted molar refractivity (Wildman–Crippen MR) is 170 cm³/mol. The van der Waals surface area contributed by atoms with Crippen LogP contribution in [0.2, 0.25) is 0 Å². The monoisotopic (exact) mass is 525 g/mol. The minimum atomic E-state index is 1.21. The Morgan fingerprint density at radius 3 is 0.703 bits per heavy atom. The molecule has 0 unspecified atom stereocenters. The van der Waals surface area contributed by atoms with Gasteiger partial charge in [-0.15, -0.1) is 0 Å². The van der Waals surface area contributed by atoms with Crippen molar-refractivity contribution in [1.29, 1.82) is 0 Å². The van der Waals surface area contributed by atoms with E-state index >= 15 is 0 Å². The highest BCUT2D eigenvalue weighted by Gasteiger charge is 2.15. The molecule has 37 heavy (non-hydrogen) atoms. The molecule has 0 N–H and O–H groups in total. The Morgan fingerprint density at radius 1 is 0.243 bits per heavy atom. The predicted octanol–water partition coefficient (Wildman–Crippen LogP) is 10.9. The van der Waals surface area contributed by atoms with Crippen LogP contribution in [-0.4, -0.2) is 63.3 Å². The maximum atomic E-state index is 2.46. The van der Waals surface area contributed by atoms with Gasteiger partial charge in [-0.2, -0.15) is 0 Å². The van der Waals surface area contributed by atoms with Crippen molar-refractivity contribution in [3.8, 4) is 0 Å². The van der Waals surface area contributed by atoms with Crippen molar-refractivity contribution >= 4 is 0 Å². The van der Waals surface area contributed by atoms with Crippen molar-refractivity contribution in [2.75, 3.05) is 54.4 Å². The van der Waals surface area contributed by atoms with Gasteiger partial charge in [0.1, 0.15) is 0 Å². The fraction of sp³-hybridized carbons (Fsp3) is 1.00. The SMILES string of the molecule is CCCCCCCCCCCCCCCCCCCCCC[N+](C)(C)CCCCCC[N+](C)(C)CCC. The minimum absolute atomic E-state index is 1.21. The molecular formula is C35H76N2+2. The lowest BCUT2D eigenvalue weighted by atomic mass is 10.0. The van der Waals surface area contributed by atoms with Crippen molar-refractivity contribution in [2.24, 2.45) is 0 Å². The number of quaternary nitrogens is 2.